The Kier molecular flexibility index (Phi) is 4.16. The average molecular weight is 249 g/mol. The summed E-state index contributed by atoms with van der Waals surface area (Å²) in [5.74, 6) is 2.62. The highest BCUT2D eigenvalue weighted by atomic mass is 16.4. The number of benzene rings is 1. The summed E-state index contributed by atoms with van der Waals surface area (Å²) in [6.45, 7) is 1.42. The number of hydrogen-bond acceptors (Lipinski definition) is 4. The van der Waals surface area contributed by atoms with Crippen molar-refractivity contribution in [3.63, 3.8) is 0 Å². The van der Waals surface area contributed by atoms with Crippen molar-refractivity contribution in [1.29, 1.82) is 0 Å². The molecule has 0 saturated heterocycles. The number of carboxylic acids is 1. The third-order valence-corrected chi connectivity index (χ3v) is 1.99. The highest BCUT2D eigenvalue weighted by Gasteiger charge is 2.12. The summed E-state index contributed by atoms with van der Waals surface area (Å²) in [5.41, 5.74) is -0.285. The molecule has 1 amide bonds. The number of carboxylic acid groups (broad SMARTS) is 1. The van der Waals surface area contributed by atoms with Gasteiger partial charge in [-0.05, 0) is 6.07 Å². The van der Waals surface area contributed by atoms with E-state index >= 15 is 0 Å². The SMILES string of the molecule is CC(=O)NCC#Cc1cc(C(=O)O)c(O)cc1O. The number of phenols is 2. The van der Waals surface area contributed by atoms with E-state index in [1.165, 1.54) is 6.92 Å². The fourth-order valence-electron chi connectivity index (χ4n) is 1.16. The Balaban J connectivity index is 2.98. The molecule has 0 saturated carbocycles. The maximum absolute atomic E-state index is 10.8. The van der Waals surface area contributed by atoms with Crippen LogP contribution in [0.25, 0.3) is 0 Å². The van der Waals surface area contributed by atoms with Crippen molar-refractivity contribution >= 4 is 11.9 Å². The van der Waals surface area contributed by atoms with Gasteiger partial charge in [0.05, 0.1) is 12.1 Å². The van der Waals surface area contributed by atoms with Crippen LogP contribution in [0.1, 0.15) is 22.8 Å². The van der Waals surface area contributed by atoms with Crippen LogP contribution in [0, 0.1) is 11.8 Å². The Morgan fingerprint density at radius 1 is 1.28 bits per heavy atom. The van der Waals surface area contributed by atoms with Gasteiger partial charge in [0.1, 0.15) is 17.1 Å². The molecule has 0 bridgehead atoms. The van der Waals surface area contributed by atoms with Gasteiger partial charge in [-0.1, -0.05) is 11.8 Å². The molecule has 0 aromatic heterocycles. The van der Waals surface area contributed by atoms with E-state index in [2.05, 4.69) is 17.2 Å². The van der Waals surface area contributed by atoms with Crippen LogP contribution in [-0.4, -0.2) is 33.7 Å². The predicted octanol–water partition coefficient (Wildman–Crippen LogP) is 0.284. The maximum atomic E-state index is 10.8. The Hall–Kier alpha value is -2.68. The maximum Gasteiger partial charge on any atom is 0.339 e. The lowest BCUT2D eigenvalue weighted by molar-refractivity contribution is -0.118. The van der Waals surface area contributed by atoms with Gasteiger partial charge in [0.15, 0.2) is 0 Å². The minimum atomic E-state index is -1.32. The first-order valence-electron chi connectivity index (χ1n) is 4.94. The molecule has 6 heteroatoms. The first kappa shape index (κ1) is 13.4. The Morgan fingerprint density at radius 2 is 1.94 bits per heavy atom. The van der Waals surface area contributed by atoms with Crippen molar-refractivity contribution in [3.05, 3.63) is 23.3 Å². The topological polar surface area (TPSA) is 107 Å². The second-order valence-corrected chi connectivity index (χ2v) is 3.40. The smallest absolute Gasteiger partial charge is 0.339 e. The van der Waals surface area contributed by atoms with Gasteiger partial charge >= 0.3 is 5.97 Å². The predicted molar refractivity (Wildman–Crippen MR) is 62.3 cm³/mol. The van der Waals surface area contributed by atoms with Crippen LogP contribution >= 0.6 is 0 Å². The summed E-state index contributed by atoms with van der Waals surface area (Å²) in [7, 11) is 0. The molecule has 1 aromatic rings. The number of rotatable bonds is 2. The second kappa shape index (κ2) is 5.59. The van der Waals surface area contributed by atoms with Crippen LogP contribution in [-0.2, 0) is 4.79 Å². The molecule has 1 rings (SSSR count). The monoisotopic (exact) mass is 249 g/mol. The zero-order chi connectivity index (χ0) is 13.7. The molecule has 94 valence electrons. The quantitative estimate of drug-likeness (QED) is 0.563. The normalized spacial score (nSPS) is 9.17. The third-order valence-electron chi connectivity index (χ3n) is 1.99. The van der Waals surface area contributed by atoms with Crippen LogP contribution < -0.4 is 5.32 Å². The number of aromatic carboxylic acids is 1. The number of aromatic hydroxyl groups is 2. The van der Waals surface area contributed by atoms with E-state index in [1.54, 1.807) is 0 Å². The highest BCUT2D eigenvalue weighted by Crippen LogP contribution is 2.26. The molecule has 0 heterocycles. The summed E-state index contributed by atoms with van der Waals surface area (Å²) >= 11 is 0. The van der Waals surface area contributed by atoms with E-state index in [1.807, 2.05) is 0 Å². The van der Waals surface area contributed by atoms with Crippen molar-refractivity contribution in [1.82, 2.24) is 5.32 Å². The Labute approximate surface area is 103 Å². The molecule has 1 aromatic carbocycles. The lowest BCUT2D eigenvalue weighted by Crippen LogP contribution is -2.19. The molecule has 0 aliphatic heterocycles. The Morgan fingerprint density at radius 3 is 2.50 bits per heavy atom. The van der Waals surface area contributed by atoms with Gasteiger partial charge in [-0.2, -0.15) is 0 Å². The van der Waals surface area contributed by atoms with Crippen LogP contribution in [0.15, 0.2) is 12.1 Å². The van der Waals surface area contributed by atoms with E-state index in [4.69, 9.17) is 5.11 Å². The van der Waals surface area contributed by atoms with E-state index in [0.717, 1.165) is 12.1 Å². The lowest BCUT2D eigenvalue weighted by Gasteiger charge is -2.02. The molecule has 0 unspecified atom stereocenters. The number of phenolic OH excluding ortho intramolecular Hbond substituents is 1. The third kappa shape index (κ3) is 3.42. The zero-order valence-electron chi connectivity index (χ0n) is 9.52. The van der Waals surface area contributed by atoms with Crippen molar-refractivity contribution in [2.45, 2.75) is 6.92 Å². The molecule has 0 atom stereocenters. The summed E-state index contributed by atoms with van der Waals surface area (Å²) in [5, 5.41) is 30.0. The standard InChI is InChI=1S/C12H11NO5/c1-7(14)13-4-2-3-8-5-9(12(17)18)11(16)6-10(8)15/h5-6,15-16H,4H2,1H3,(H,13,14)(H,17,18). The van der Waals surface area contributed by atoms with Gasteiger partial charge in [-0.3, -0.25) is 4.79 Å². The molecular formula is C12H11NO5. The zero-order valence-corrected chi connectivity index (χ0v) is 9.52. The fourth-order valence-corrected chi connectivity index (χ4v) is 1.16. The second-order valence-electron chi connectivity index (χ2n) is 3.40. The van der Waals surface area contributed by atoms with Gasteiger partial charge in [0, 0.05) is 13.0 Å². The van der Waals surface area contributed by atoms with E-state index in [9.17, 15) is 19.8 Å². The van der Waals surface area contributed by atoms with Crippen molar-refractivity contribution < 1.29 is 24.9 Å². The highest BCUT2D eigenvalue weighted by molar-refractivity contribution is 5.91. The number of carbonyl (C=O) groups is 2. The minimum absolute atomic E-state index is 0.0653. The Bertz CT molecular complexity index is 554. The van der Waals surface area contributed by atoms with Crippen molar-refractivity contribution in [2.24, 2.45) is 0 Å². The van der Waals surface area contributed by atoms with Crippen LogP contribution in [0.3, 0.4) is 0 Å². The van der Waals surface area contributed by atoms with Crippen molar-refractivity contribution in [3.8, 4) is 23.3 Å². The molecule has 0 fully saturated rings. The van der Waals surface area contributed by atoms with Crippen LogP contribution in [0.4, 0.5) is 0 Å². The van der Waals surface area contributed by atoms with Gasteiger partial charge in [-0.25, -0.2) is 4.79 Å². The van der Waals surface area contributed by atoms with Gasteiger partial charge < -0.3 is 20.6 Å². The summed E-state index contributed by atoms with van der Waals surface area (Å²) < 4.78 is 0. The fraction of sp³-hybridized carbons (Fsp3) is 0.167. The van der Waals surface area contributed by atoms with Crippen LogP contribution in [0.2, 0.25) is 0 Å². The van der Waals surface area contributed by atoms with E-state index in [0.29, 0.717) is 0 Å². The first-order chi connectivity index (χ1) is 8.41. The number of carbonyl (C=O) groups excluding carboxylic acids is 1. The average Bonchev–Trinajstić information content (AvgIpc) is 2.25. The van der Waals surface area contributed by atoms with E-state index in [-0.39, 0.29) is 29.3 Å². The summed E-state index contributed by atoms with van der Waals surface area (Å²) in [6.07, 6.45) is 0. The first-order valence-corrected chi connectivity index (χ1v) is 4.94. The van der Waals surface area contributed by atoms with Gasteiger partial charge in [0.2, 0.25) is 5.91 Å². The summed E-state index contributed by atoms with van der Waals surface area (Å²) in [6, 6.07) is 1.97. The van der Waals surface area contributed by atoms with E-state index < -0.39 is 11.7 Å². The molecular weight excluding hydrogens is 238 g/mol. The van der Waals surface area contributed by atoms with Gasteiger partial charge in [0.25, 0.3) is 0 Å². The van der Waals surface area contributed by atoms with Gasteiger partial charge in [-0.15, -0.1) is 0 Å². The molecule has 0 aliphatic rings. The molecule has 18 heavy (non-hydrogen) atoms. The van der Waals surface area contributed by atoms with Crippen molar-refractivity contribution in [2.75, 3.05) is 6.54 Å². The molecule has 0 radical (unpaired) electrons. The summed E-state index contributed by atoms with van der Waals surface area (Å²) in [4.78, 5) is 21.3. The van der Waals surface area contributed by atoms with Crippen LogP contribution in [0.5, 0.6) is 11.5 Å². The number of amides is 1. The number of nitrogens with one attached hydrogen (secondary N) is 1. The molecule has 0 spiro atoms. The molecule has 0 aliphatic carbocycles. The largest absolute Gasteiger partial charge is 0.507 e. The minimum Gasteiger partial charge on any atom is -0.507 e. The molecule has 4 N–H and O–H groups in total. The molecule has 6 nitrogen and oxygen atoms in total. The lowest BCUT2D eigenvalue weighted by atomic mass is 10.1. The number of hydrogen-bond donors (Lipinski definition) is 4.